The van der Waals surface area contributed by atoms with Crippen molar-refractivity contribution in [3.8, 4) is 0 Å². The van der Waals surface area contributed by atoms with E-state index in [4.69, 9.17) is 0 Å². The lowest BCUT2D eigenvalue weighted by molar-refractivity contribution is -0.135. The molecule has 0 aliphatic carbocycles. The van der Waals surface area contributed by atoms with Crippen molar-refractivity contribution in [1.29, 1.82) is 0 Å². The number of ether oxygens (including phenoxy) is 1. The van der Waals surface area contributed by atoms with Gasteiger partial charge in [-0.25, -0.2) is 4.79 Å². The minimum Gasteiger partial charge on any atom is -0.465 e. The smallest absolute Gasteiger partial charge is 0.344 e. The molecular weight excluding hydrogens is 301 g/mol. The summed E-state index contributed by atoms with van der Waals surface area (Å²) in [7, 11) is 1.41. The van der Waals surface area contributed by atoms with E-state index < -0.39 is 0 Å². The minimum atomic E-state index is -0.219. The summed E-state index contributed by atoms with van der Waals surface area (Å²) < 4.78 is 5.78. The Kier molecular flexibility index (Phi) is 2.64. The van der Waals surface area contributed by atoms with Gasteiger partial charge >= 0.3 is 5.97 Å². The van der Waals surface area contributed by atoms with Crippen LogP contribution in [0.4, 0.5) is 0 Å². The van der Waals surface area contributed by atoms with Crippen LogP contribution in [0.1, 0.15) is 0 Å². The molecule has 2 heterocycles. The number of esters is 1. The average Bonchev–Trinajstić information content (AvgIpc) is 2.67. The molecule has 0 aromatic rings. The van der Waals surface area contributed by atoms with Crippen LogP contribution in [0.15, 0.2) is 16.0 Å². The number of carbonyl (C=O) groups is 1. The predicted molar refractivity (Wildman–Crippen MR) is 61.3 cm³/mol. The second kappa shape index (κ2) is 3.61. The molecule has 2 aliphatic rings. The molecule has 70 valence electrons. The molecule has 2 atom stereocenters. The Hall–Kier alpha value is -0.0400. The third-order valence-electron chi connectivity index (χ3n) is 2.08. The minimum absolute atomic E-state index is 0.219. The van der Waals surface area contributed by atoms with E-state index in [1.807, 2.05) is 6.08 Å². The van der Waals surface area contributed by atoms with Gasteiger partial charge in [-0.05, 0) is 22.6 Å². The normalized spacial score (nSPS) is 30.9. The van der Waals surface area contributed by atoms with Crippen molar-refractivity contribution in [3.63, 3.8) is 0 Å². The van der Waals surface area contributed by atoms with Crippen molar-refractivity contribution in [1.82, 2.24) is 0 Å². The first-order valence-corrected chi connectivity index (χ1v) is 5.85. The first-order chi connectivity index (χ1) is 6.22. The summed E-state index contributed by atoms with van der Waals surface area (Å²) in [5, 5.41) is 0.370. The van der Waals surface area contributed by atoms with Crippen molar-refractivity contribution in [2.45, 2.75) is 5.25 Å². The molecule has 0 aromatic heterocycles. The van der Waals surface area contributed by atoms with E-state index in [2.05, 4.69) is 32.3 Å². The molecular formula is C8H8INO2S. The fraction of sp³-hybridized carbons (Fsp3) is 0.500. The van der Waals surface area contributed by atoms with Gasteiger partial charge in [-0.15, -0.1) is 11.8 Å². The fourth-order valence-corrected chi connectivity index (χ4v) is 3.68. The fourth-order valence-electron chi connectivity index (χ4n) is 1.42. The van der Waals surface area contributed by atoms with Crippen LogP contribution in [0, 0.1) is 5.92 Å². The summed E-state index contributed by atoms with van der Waals surface area (Å²) in [6, 6.07) is 0. The van der Waals surface area contributed by atoms with Gasteiger partial charge in [-0.3, -0.25) is 4.99 Å². The highest BCUT2D eigenvalue weighted by Crippen LogP contribution is 2.42. The van der Waals surface area contributed by atoms with Crippen LogP contribution in [0.3, 0.4) is 0 Å². The first kappa shape index (κ1) is 9.51. The molecule has 2 unspecified atom stereocenters. The molecule has 0 aromatic carbocycles. The molecule has 0 radical (unpaired) electrons. The number of methoxy groups -OCH3 is 1. The summed E-state index contributed by atoms with van der Waals surface area (Å²) in [6.45, 7) is 0.816. The molecule has 0 fully saturated rings. The van der Waals surface area contributed by atoms with Crippen LogP contribution >= 0.6 is 34.4 Å². The van der Waals surface area contributed by atoms with Gasteiger partial charge in [0.15, 0.2) is 0 Å². The summed E-state index contributed by atoms with van der Waals surface area (Å²) in [6.07, 6.45) is 1.98. The van der Waals surface area contributed by atoms with Crippen LogP contribution in [-0.2, 0) is 9.53 Å². The largest absolute Gasteiger partial charge is 0.465 e. The maximum Gasteiger partial charge on any atom is 0.344 e. The van der Waals surface area contributed by atoms with Gasteiger partial charge in [0.1, 0.15) is 0 Å². The highest BCUT2D eigenvalue weighted by molar-refractivity contribution is 14.1. The second-order valence-electron chi connectivity index (χ2n) is 2.89. The summed E-state index contributed by atoms with van der Waals surface area (Å²) in [5.41, 5.74) is 0. The Morgan fingerprint density at radius 2 is 2.62 bits per heavy atom. The molecule has 0 saturated heterocycles. The van der Waals surface area contributed by atoms with Crippen LogP contribution in [0.5, 0.6) is 0 Å². The van der Waals surface area contributed by atoms with E-state index >= 15 is 0 Å². The predicted octanol–water partition coefficient (Wildman–Crippen LogP) is 1.62. The number of halogens is 1. The third kappa shape index (κ3) is 1.63. The van der Waals surface area contributed by atoms with Crippen molar-refractivity contribution in [2.24, 2.45) is 10.9 Å². The number of hydrogen-bond donors (Lipinski definition) is 0. The van der Waals surface area contributed by atoms with Crippen molar-refractivity contribution < 1.29 is 9.53 Å². The molecule has 2 rings (SSSR count). The van der Waals surface area contributed by atoms with E-state index in [9.17, 15) is 4.79 Å². The van der Waals surface area contributed by atoms with Crippen molar-refractivity contribution in [2.75, 3.05) is 13.7 Å². The van der Waals surface area contributed by atoms with Crippen molar-refractivity contribution >= 4 is 44.0 Å². The quantitative estimate of drug-likeness (QED) is 0.546. The number of nitrogens with zero attached hydrogens (tertiary/aromatic N) is 1. The SMILES string of the molecule is COC(=O)C1=CC2CN=C(I)C2S1. The highest BCUT2D eigenvalue weighted by atomic mass is 127. The topological polar surface area (TPSA) is 38.7 Å². The number of thioether (sulfide) groups is 1. The zero-order valence-corrected chi connectivity index (χ0v) is 9.96. The number of carbonyl (C=O) groups excluding carboxylic acids is 1. The Bertz CT molecular complexity index is 313. The summed E-state index contributed by atoms with van der Waals surface area (Å²) in [4.78, 5) is 16.3. The van der Waals surface area contributed by atoms with Crippen LogP contribution in [0.2, 0.25) is 0 Å². The average molecular weight is 309 g/mol. The van der Waals surface area contributed by atoms with Gasteiger partial charge in [0.2, 0.25) is 0 Å². The van der Waals surface area contributed by atoms with E-state index in [1.165, 1.54) is 7.11 Å². The molecule has 5 heteroatoms. The Morgan fingerprint density at radius 3 is 3.23 bits per heavy atom. The van der Waals surface area contributed by atoms with Gasteiger partial charge in [-0.2, -0.15) is 0 Å². The molecule has 0 N–H and O–H groups in total. The van der Waals surface area contributed by atoms with Gasteiger partial charge in [-0.1, -0.05) is 6.08 Å². The van der Waals surface area contributed by atoms with E-state index in [0.29, 0.717) is 11.2 Å². The molecule has 0 spiro atoms. The Morgan fingerprint density at radius 1 is 1.85 bits per heavy atom. The van der Waals surface area contributed by atoms with E-state index in [0.717, 1.165) is 15.2 Å². The van der Waals surface area contributed by atoms with Crippen molar-refractivity contribution in [3.05, 3.63) is 11.0 Å². The molecule has 0 amide bonds. The number of fused-ring (bicyclic) bond motifs is 1. The number of aliphatic imine (C=N–C) groups is 1. The maximum atomic E-state index is 11.2. The standard InChI is InChI=1S/C8H8INO2S/c1-12-8(11)5-2-4-3-10-7(9)6(4)13-5/h2,4,6H,3H2,1H3. The number of rotatable bonds is 1. The Labute approximate surface area is 94.1 Å². The van der Waals surface area contributed by atoms with Crippen LogP contribution < -0.4 is 0 Å². The zero-order valence-electron chi connectivity index (χ0n) is 6.99. The van der Waals surface area contributed by atoms with E-state index in [-0.39, 0.29) is 5.97 Å². The molecule has 13 heavy (non-hydrogen) atoms. The first-order valence-electron chi connectivity index (χ1n) is 3.89. The van der Waals surface area contributed by atoms with Crippen LogP contribution in [0.25, 0.3) is 0 Å². The molecule has 0 bridgehead atoms. The second-order valence-corrected chi connectivity index (χ2v) is 5.18. The number of hydrogen-bond acceptors (Lipinski definition) is 4. The summed E-state index contributed by atoms with van der Waals surface area (Å²) >= 11 is 3.81. The van der Waals surface area contributed by atoms with Crippen LogP contribution in [-0.4, -0.2) is 28.6 Å². The van der Waals surface area contributed by atoms with Gasteiger partial charge in [0.25, 0.3) is 0 Å². The van der Waals surface area contributed by atoms with E-state index in [1.54, 1.807) is 11.8 Å². The molecule has 2 aliphatic heterocycles. The lowest BCUT2D eigenvalue weighted by atomic mass is 10.1. The van der Waals surface area contributed by atoms with Gasteiger partial charge in [0, 0.05) is 12.5 Å². The van der Waals surface area contributed by atoms with Gasteiger partial charge in [0.05, 0.1) is 21.0 Å². The third-order valence-corrected chi connectivity index (χ3v) is 4.90. The Balaban J connectivity index is 2.11. The highest BCUT2D eigenvalue weighted by Gasteiger charge is 2.37. The monoisotopic (exact) mass is 309 g/mol. The lowest BCUT2D eigenvalue weighted by Gasteiger charge is -2.05. The summed E-state index contributed by atoms with van der Waals surface area (Å²) in [5.74, 6) is 0.189. The molecule has 3 nitrogen and oxygen atoms in total. The molecule has 0 saturated carbocycles. The maximum absolute atomic E-state index is 11.2. The lowest BCUT2D eigenvalue weighted by Crippen LogP contribution is -2.12. The van der Waals surface area contributed by atoms with Gasteiger partial charge < -0.3 is 4.74 Å². The zero-order chi connectivity index (χ0) is 9.42.